The number of benzene rings is 1. The fourth-order valence-corrected chi connectivity index (χ4v) is 4.28. The molecular formula is C23H20FN3O2S. The van der Waals surface area contributed by atoms with E-state index in [2.05, 4.69) is 4.98 Å². The number of carbonyl (C=O) groups is 2. The Hall–Kier alpha value is -3.32. The molecule has 0 unspecified atom stereocenters. The number of imide groups is 1. The van der Waals surface area contributed by atoms with Crippen molar-refractivity contribution in [2.24, 2.45) is 0 Å². The first-order chi connectivity index (χ1) is 14.6. The van der Waals surface area contributed by atoms with E-state index >= 15 is 0 Å². The molecule has 1 aliphatic heterocycles. The highest BCUT2D eigenvalue weighted by atomic mass is 32.1. The van der Waals surface area contributed by atoms with Crippen LogP contribution in [-0.4, -0.2) is 34.8 Å². The molecule has 1 aliphatic rings. The number of aromatic nitrogens is 1. The molecule has 0 spiro atoms. The van der Waals surface area contributed by atoms with Gasteiger partial charge >= 0.3 is 0 Å². The van der Waals surface area contributed by atoms with Crippen molar-refractivity contribution >= 4 is 34.4 Å². The van der Waals surface area contributed by atoms with Crippen molar-refractivity contribution in [1.29, 1.82) is 0 Å². The first-order valence-electron chi connectivity index (χ1n) is 9.66. The van der Waals surface area contributed by atoms with Gasteiger partial charge in [0.2, 0.25) is 0 Å². The first kappa shape index (κ1) is 20.0. The number of likely N-dealkylation sites (N-methyl/N-ethyl adjacent to an activating group) is 1. The van der Waals surface area contributed by atoms with E-state index in [1.165, 1.54) is 35.6 Å². The molecule has 2 aromatic heterocycles. The lowest BCUT2D eigenvalue weighted by Crippen LogP contribution is -2.36. The first-order valence-corrected chi connectivity index (χ1v) is 10.5. The second-order valence-corrected chi connectivity index (χ2v) is 7.76. The van der Waals surface area contributed by atoms with Crippen LogP contribution in [0.25, 0.3) is 5.57 Å². The van der Waals surface area contributed by atoms with E-state index in [9.17, 15) is 14.0 Å². The fraction of sp³-hybridized carbons (Fsp3) is 0.174. The molecule has 5 nitrogen and oxygen atoms in total. The van der Waals surface area contributed by atoms with Gasteiger partial charge in [0, 0.05) is 30.4 Å². The monoisotopic (exact) mass is 421 g/mol. The molecule has 2 amide bonds. The Morgan fingerprint density at radius 3 is 2.40 bits per heavy atom. The maximum Gasteiger partial charge on any atom is 0.282 e. The fourth-order valence-electron chi connectivity index (χ4n) is 3.52. The predicted octanol–water partition coefficient (Wildman–Crippen LogP) is 4.13. The molecule has 0 atom stereocenters. The van der Waals surface area contributed by atoms with E-state index in [0.717, 1.165) is 21.8 Å². The number of hydrogen-bond donors (Lipinski definition) is 0. The van der Waals surface area contributed by atoms with E-state index in [0.29, 0.717) is 30.0 Å². The summed E-state index contributed by atoms with van der Waals surface area (Å²) in [5.41, 5.74) is 2.26. The zero-order chi connectivity index (χ0) is 21.1. The number of hydrogen-bond acceptors (Lipinski definition) is 5. The van der Waals surface area contributed by atoms with Crippen LogP contribution in [0.5, 0.6) is 0 Å². The minimum Gasteiger partial charge on any atom is -0.366 e. The molecular weight excluding hydrogens is 401 g/mol. The number of halogens is 1. The molecule has 7 heteroatoms. The molecule has 0 N–H and O–H groups in total. The van der Waals surface area contributed by atoms with Crippen LogP contribution in [-0.2, 0) is 16.0 Å². The number of nitrogens with zero attached hydrogens (tertiary/aromatic N) is 3. The number of carbonyl (C=O) groups excluding carboxylic acids is 2. The number of anilines is 1. The summed E-state index contributed by atoms with van der Waals surface area (Å²) in [5, 5.41) is 1.88. The molecule has 4 rings (SSSR count). The van der Waals surface area contributed by atoms with Crippen LogP contribution in [0.3, 0.4) is 0 Å². The lowest BCUT2D eigenvalue weighted by molar-refractivity contribution is -0.120. The molecule has 0 radical (unpaired) electrons. The minimum absolute atomic E-state index is 0.362. The van der Waals surface area contributed by atoms with Gasteiger partial charge in [-0.3, -0.25) is 14.6 Å². The molecule has 0 saturated carbocycles. The molecule has 3 heterocycles. The van der Waals surface area contributed by atoms with Crippen molar-refractivity contribution in [2.75, 3.05) is 18.0 Å². The predicted molar refractivity (Wildman–Crippen MR) is 115 cm³/mol. The van der Waals surface area contributed by atoms with Crippen molar-refractivity contribution in [3.63, 3.8) is 0 Å². The Balaban J connectivity index is 1.71. The molecule has 152 valence electrons. The molecule has 30 heavy (non-hydrogen) atoms. The lowest BCUT2D eigenvalue weighted by atomic mass is 10.1. The van der Waals surface area contributed by atoms with Gasteiger partial charge in [-0.05, 0) is 66.8 Å². The molecule has 1 aromatic carbocycles. The summed E-state index contributed by atoms with van der Waals surface area (Å²) in [6.45, 7) is 3.12. The maximum absolute atomic E-state index is 13.4. The average molecular weight is 421 g/mol. The summed E-state index contributed by atoms with van der Waals surface area (Å²) >= 11 is 1.42. The van der Waals surface area contributed by atoms with E-state index in [1.807, 2.05) is 41.5 Å². The number of thiophene rings is 1. The van der Waals surface area contributed by atoms with Crippen LogP contribution in [0.15, 0.2) is 72.0 Å². The normalized spacial score (nSPS) is 14.0. The Morgan fingerprint density at radius 1 is 1.03 bits per heavy atom. The minimum atomic E-state index is -0.419. The van der Waals surface area contributed by atoms with Crippen LogP contribution >= 0.6 is 11.3 Å². The lowest BCUT2D eigenvalue weighted by Gasteiger charge is -2.24. The molecule has 0 saturated heterocycles. The second kappa shape index (κ2) is 8.59. The number of amides is 2. The Kier molecular flexibility index (Phi) is 5.72. The third-order valence-corrected chi connectivity index (χ3v) is 5.92. The Morgan fingerprint density at radius 2 is 1.77 bits per heavy atom. The topological polar surface area (TPSA) is 53.5 Å². The SMILES string of the molecule is CCN(CCc1ccncc1)C1=C(c2cccs2)C(=O)N(c2ccc(F)cc2)C1=O. The molecule has 0 fully saturated rings. The number of rotatable bonds is 7. The maximum atomic E-state index is 13.4. The van der Waals surface area contributed by atoms with Gasteiger partial charge < -0.3 is 4.90 Å². The van der Waals surface area contributed by atoms with Crippen molar-refractivity contribution in [3.8, 4) is 0 Å². The highest BCUT2D eigenvalue weighted by Gasteiger charge is 2.42. The largest absolute Gasteiger partial charge is 0.366 e. The van der Waals surface area contributed by atoms with Gasteiger partial charge in [0.25, 0.3) is 11.8 Å². The van der Waals surface area contributed by atoms with Crippen LogP contribution in [0.4, 0.5) is 10.1 Å². The summed E-state index contributed by atoms with van der Waals surface area (Å²) in [7, 11) is 0. The van der Waals surface area contributed by atoms with Crippen LogP contribution in [0, 0.1) is 5.82 Å². The third kappa shape index (κ3) is 3.76. The zero-order valence-electron chi connectivity index (χ0n) is 16.4. The van der Waals surface area contributed by atoms with Crippen molar-refractivity contribution in [3.05, 3.63) is 88.3 Å². The standard InChI is InChI=1S/C23H20FN3O2S/c1-2-26(14-11-16-9-12-25-13-10-16)21-20(19-4-3-15-30-19)22(28)27(23(21)29)18-7-5-17(24)6-8-18/h3-10,12-13,15H,2,11,14H2,1H3. The van der Waals surface area contributed by atoms with Crippen molar-refractivity contribution < 1.29 is 14.0 Å². The zero-order valence-corrected chi connectivity index (χ0v) is 17.2. The van der Waals surface area contributed by atoms with Crippen molar-refractivity contribution in [1.82, 2.24) is 9.88 Å². The number of pyridine rings is 1. The highest BCUT2D eigenvalue weighted by molar-refractivity contribution is 7.11. The summed E-state index contributed by atoms with van der Waals surface area (Å²) in [6, 6.07) is 13.0. The quantitative estimate of drug-likeness (QED) is 0.539. The summed E-state index contributed by atoms with van der Waals surface area (Å²) in [6.07, 6.45) is 4.20. The van der Waals surface area contributed by atoms with Gasteiger partial charge in [-0.2, -0.15) is 0 Å². The van der Waals surface area contributed by atoms with E-state index in [1.54, 1.807) is 12.4 Å². The van der Waals surface area contributed by atoms with Gasteiger partial charge in [-0.1, -0.05) is 6.07 Å². The summed E-state index contributed by atoms with van der Waals surface area (Å²) in [4.78, 5) is 34.6. The van der Waals surface area contributed by atoms with E-state index in [-0.39, 0.29) is 11.8 Å². The van der Waals surface area contributed by atoms with Crippen LogP contribution in [0.2, 0.25) is 0 Å². The van der Waals surface area contributed by atoms with Crippen LogP contribution < -0.4 is 4.90 Å². The molecule has 0 aliphatic carbocycles. The Labute approximate surface area is 178 Å². The van der Waals surface area contributed by atoms with Crippen molar-refractivity contribution in [2.45, 2.75) is 13.3 Å². The van der Waals surface area contributed by atoms with Gasteiger partial charge in [0.15, 0.2) is 0 Å². The second-order valence-electron chi connectivity index (χ2n) is 6.81. The smallest absolute Gasteiger partial charge is 0.282 e. The third-order valence-electron chi connectivity index (χ3n) is 5.03. The van der Waals surface area contributed by atoms with Gasteiger partial charge in [-0.25, -0.2) is 9.29 Å². The molecule has 3 aromatic rings. The Bertz CT molecular complexity index is 1080. The van der Waals surface area contributed by atoms with Gasteiger partial charge in [0.05, 0.1) is 11.3 Å². The van der Waals surface area contributed by atoms with Crippen LogP contribution in [0.1, 0.15) is 17.4 Å². The average Bonchev–Trinajstić information content (AvgIpc) is 3.37. The molecule has 0 bridgehead atoms. The highest BCUT2D eigenvalue weighted by Crippen LogP contribution is 2.36. The summed E-state index contributed by atoms with van der Waals surface area (Å²) < 4.78 is 13.4. The van der Waals surface area contributed by atoms with E-state index < -0.39 is 5.82 Å². The van der Waals surface area contributed by atoms with E-state index in [4.69, 9.17) is 0 Å². The van der Waals surface area contributed by atoms with Gasteiger partial charge in [0.1, 0.15) is 11.5 Å². The van der Waals surface area contributed by atoms with Gasteiger partial charge in [-0.15, -0.1) is 11.3 Å². The summed E-state index contributed by atoms with van der Waals surface area (Å²) in [5.74, 6) is -1.19.